The van der Waals surface area contributed by atoms with Crippen molar-refractivity contribution in [3.63, 3.8) is 0 Å². The first kappa shape index (κ1) is 11.8. The van der Waals surface area contributed by atoms with Crippen molar-refractivity contribution in [2.75, 3.05) is 0 Å². The number of rotatable bonds is 3. The molecule has 2 aromatic rings. The standard InChI is InChI=1S/C13H18N4/c1-10-5-4-6-16-11(10)8-17-9-15-7-12(17)13(2,3)14/h4-7,9H,8,14H2,1-3H3. The van der Waals surface area contributed by atoms with Crippen LogP contribution >= 0.6 is 0 Å². The molecule has 0 amide bonds. The zero-order chi connectivity index (χ0) is 12.5. The zero-order valence-electron chi connectivity index (χ0n) is 10.5. The van der Waals surface area contributed by atoms with Gasteiger partial charge in [-0.15, -0.1) is 0 Å². The van der Waals surface area contributed by atoms with Crippen LogP contribution in [-0.4, -0.2) is 14.5 Å². The van der Waals surface area contributed by atoms with Gasteiger partial charge < -0.3 is 10.3 Å². The first-order valence-electron chi connectivity index (χ1n) is 5.68. The summed E-state index contributed by atoms with van der Waals surface area (Å²) < 4.78 is 2.05. The number of nitrogens with zero attached hydrogens (tertiary/aromatic N) is 3. The summed E-state index contributed by atoms with van der Waals surface area (Å²) >= 11 is 0. The van der Waals surface area contributed by atoms with Crippen molar-refractivity contribution in [3.8, 4) is 0 Å². The fourth-order valence-electron chi connectivity index (χ4n) is 1.83. The Bertz CT molecular complexity index is 508. The molecule has 0 aliphatic carbocycles. The van der Waals surface area contributed by atoms with E-state index < -0.39 is 0 Å². The van der Waals surface area contributed by atoms with Gasteiger partial charge in [0.2, 0.25) is 0 Å². The Balaban J connectivity index is 2.32. The molecule has 0 atom stereocenters. The fourth-order valence-corrected chi connectivity index (χ4v) is 1.83. The maximum absolute atomic E-state index is 6.11. The third-order valence-electron chi connectivity index (χ3n) is 2.81. The molecule has 0 aliphatic heterocycles. The molecule has 0 aliphatic rings. The quantitative estimate of drug-likeness (QED) is 0.875. The molecule has 17 heavy (non-hydrogen) atoms. The lowest BCUT2D eigenvalue weighted by molar-refractivity contribution is 0.501. The fraction of sp³-hybridized carbons (Fsp3) is 0.385. The van der Waals surface area contributed by atoms with Crippen LogP contribution in [0, 0.1) is 6.92 Å². The van der Waals surface area contributed by atoms with Gasteiger partial charge in [-0.05, 0) is 32.4 Å². The lowest BCUT2D eigenvalue weighted by atomic mass is 10.0. The van der Waals surface area contributed by atoms with E-state index in [9.17, 15) is 0 Å². The Hall–Kier alpha value is -1.68. The van der Waals surface area contributed by atoms with E-state index in [1.807, 2.05) is 32.3 Å². The van der Waals surface area contributed by atoms with Crippen molar-refractivity contribution in [1.29, 1.82) is 0 Å². The predicted octanol–water partition coefficient (Wildman–Crippen LogP) is 1.83. The number of aryl methyl sites for hydroxylation is 1. The molecule has 4 heteroatoms. The van der Waals surface area contributed by atoms with Gasteiger partial charge in [0.05, 0.1) is 29.8 Å². The predicted molar refractivity (Wildman–Crippen MR) is 67.5 cm³/mol. The zero-order valence-corrected chi connectivity index (χ0v) is 10.5. The molecule has 0 radical (unpaired) electrons. The topological polar surface area (TPSA) is 56.7 Å². The summed E-state index contributed by atoms with van der Waals surface area (Å²) in [7, 11) is 0. The minimum absolute atomic E-state index is 0.390. The highest BCUT2D eigenvalue weighted by atomic mass is 15.1. The monoisotopic (exact) mass is 230 g/mol. The van der Waals surface area contributed by atoms with Gasteiger partial charge in [-0.1, -0.05) is 6.07 Å². The van der Waals surface area contributed by atoms with Crippen LogP contribution in [0.4, 0.5) is 0 Å². The van der Waals surface area contributed by atoms with E-state index in [4.69, 9.17) is 5.73 Å². The van der Waals surface area contributed by atoms with Crippen molar-refractivity contribution in [3.05, 3.63) is 47.8 Å². The molecule has 2 N–H and O–H groups in total. The Labute approximate surface area is 102 Å². The number of pyridine rings is 1. The number of imidazole rings is 1. The molecule has 0 spiro atoms. The highest BCUT2D eigenvalue weighted by Gasteiger charge is 2.19. The molecule has 0 saturated carbocycles. The van der Waals surface area contributed by atoms with Crippen LogP contribution in [0.3, 0.4) is 0 Å². The minimum Gasteiger partial charge on any atom is -0.327 e. The summed E-state index contributed by atoms with van der Waals surface area (Å²) in [6.07, 6.45) is 5.43. The van der Waals surface area contributed by atoms with Gasteiger partial charge >= 0.3 is 0 Å². The van der Waals surface area contributed by atoms with Crippen molar-refractivity contribution in [1.82, 2.24) is 14.5 Å². The van der Waals surface area contributed by atoms with Gasteiger partial charge in [-0.25, -0.2) is 4.98 Å². The molecule has 0 aromatic carbocycles. The summed E-state index contributed by atoms with van der Waals surface area (Å²) in [5.74, 6) is 0. The van der Waals surface area contributed by atoms with Crippen LogP contribution in [0.1, 0.15) is 30.8 Å². The van der Waals surface area contributed by atoms with Crippen LogP contribution in [0.25, 0.3) is 0 Å². The van der Waals surface area contributed by atoms with E-state index in [-0.39, 0.29) is 5.54 Å². The van der Waals surface area contributed by atoms with Gasteiger partial charge in [0, 0.05) is 12.4 Å². The Morgan fingerprint density at radius 3 is 2.82 bits per heavy atom. The van der Waals surface area contributed by atoms with E-state index in [2.05, 4.69) is 27.5 Å². The van der Waals surface area contributed by atoms with E-state index in [0.29, 0.717) is 6.54 Å². The van der Waals surface area contributed by atoms with E-state index in [1.165, 1.54) is 5.56 Å². The molecular formula is C13H18N4. The normalized spacial score (nSPS) is 11.8. The lowest BCUT2D eigenvalue weighted by Crippen LogP contribution is -2.31. The van der Waals surface area contributed by atoms with E-state index in [0.717, 1.165) is 11.4 Å². The highest BCUT2D eigenvalue weighted by molar-refractivity contribution is 5.20. The highest BCUT2D eigenvalue weighted by Crippen LogP contribution is 2.17. The first-order chi connectivity index (χ1) is 7.98. The van der Waals surface area contributed by atoms with Gasteiger partial charge in [0.25, 0.3) is 0 Å². The van der Waals surface area contributed by atoms with Gasteiger partial charge in [0.1, 0.15) is 0 Å². The van der Waals surface area contributed by atoms with E-state index in [1.54, 1.807) is 6.33 Å². The second kappa shape index (κ2) is 4.30. The lowest BCUT2D eigenvalue weighted by Gasteiger charge is -2.20. The summed E-state index contributed by atoms with van der Waals surface area (Å²) in [5.41, 5.74) is 8.97. The van der Waals surface area contributed by atoms with Crippen molar-refractivity contribution in [2.45, 2.75) is 32.9 Å². The molecule has 90 valence electrons. The van der Waals surface area contributed by atoms with E-state index >= 15 is 0 Å². The second-order valence-corrected chi connectivity index (χ2v) is 4.90. The first-order valence-corrected chi connectivity index (χ1v) is 5.68. The van der Waals surface area contributed by atoms with Crippen molar-refractivity contribution >= 4 is 0 Å². The van der Waals surface area contributed by atoms with Crippen LogP contribution in [0.15, 0.2) is 30.9 Å². The molecule has 2 aromatic heterocycles. The molecule has 4 nitrogen and oxygen atoms in total. The van der Waals surface area contributed by atoms with Crippen LogP contribution in [0.5, 0.6) is 0 Å². The maximum atomic E-state index is 6.11. The van der Waals surface area contributed by atoms with Crippen LogP contribution in [-0.2, 0) is 12.1 Å². The molecule has 2 rings (SSSR count). The second-order valence-electron chi connectivity index (χ2n) is 4.90. The summed E-state index contributed by atoms with van der Waals surface area (Å²) in [6, 6.07) is 4.01. The largest absolute Gasteiger partial charge is 0.327 e. The minimum atomic E-state index is -0.390. The average molecular weight is 230 g/mol. The Morgan fingerprint density at radius 2 is 2.18 bits per heavy atom. The summed E-state index contributed by atoms with van der Waals surface area (Å²) in [4.78, 5) is 8.56. The average Bonchev–Trinajstić information content (AvgIpc) is 2.69. The van der Waals surface area contributed by atoms with Gasteiger partial charge in [0.15, 0.2) is 0 Å². The molecule has 2 heterocycles. The summed E-state index contributed by atoms with van der Waals surface area (Å²) in [6.45, 7) is 6.73. The third kappa shape index (κ3) is 2.53. The number of nitrogens with two attached hydrogens (primary N) is 1. The van der Waals surface area contributed by atoms with Crippen LogP contribution < -0.4 is 5.73 Å². The molecule has 0 fully saturated rings. The maximum Gasteiger partial charge on any atom is 0.0952 e. The molecule has 0 bridgehead atoms. The molecule has 0 saturated heterocycles. The van der Waals surface area contributed by atoms with Crippen molar-refractivity contribution < 1.29 is 0 Å². The van der Waals surface area contributed by atoms with Crippen molar-refractivity contribution in [2.24, 2.45) is 5.73 Å². The Morgan fingerprint density at radius 1 is 1.41 bits per heavy atom. The number of hydrogen-bond acceptors (Lipinski definition) is 3. The number of aromatic nitrogens is 3. The van der Waals surface area contributed by atoms with Gasteiger partial charge in [-0.2, -0.15) is 0 Å². The third-order valence-corrected chi connectivity index (χ3v) is 2.81. The SMILES string of the molecule is Cc1cccnc1Cn1cncc1C(C)(C)N. The van der Waals surface area contributed by atoms with Gasteiger partial charge in [-0.3, -0.25) is 4.98 Å². The molecular weight excluding hydrogens is 212 g/mol. The summed E-state index contributed by atoms with van der Waals surface area (Å²) in [5, 5.41) is 0. The Kier molecular flexibility index (Phi) is 2.98. The molecule has 0 unspecified atom stereocenters. The van der Waals surface area contributed by atoms with Crippen LogP contribution in [0.2, 0.25) is 0 Å². The number of hydrogen-bond donors (Lipinski definition) is 1. The smallest absolute Gasteiger partial charge is 0.0952 e.